The molecule has 26 heavy (non-hydrogen) atoms. The minimum Gasteiger partial charge on any atom is -0.337 e. The summed E-state index contributed by atoms with van der Waals surface area (Å²) in [6.07, 6.45) is 5.66. The molecule has 0 atom stereocenters. The van der Waals surface area contributed by atoms with Crippen LogP contribution in [0.15, 0.2) is 35.4 Å². The van der Waals surface area contributed by atoms with Crippen molar-refractivity contribution in [3.8, 4) is 0 Å². The van der Waals surface area contributed by atoms with Crippen LogP contribution in [0.3, 0.4) is 0 Å². The van der Waals surface area contributed by atoms with Crippen LogP contribution in [0, 0.1) is 0 Å². The first kappa shape index (κ1) is 20.1. The van der Waals surface area contributed by atoms with Gasteiger partial charge in [0.1, 0.15) is 5.71 Å². The number of hydrogen-bond donors (Lipinski definition) is 1. The van der Waals surface area contributed by atoms with Gasteiger partial charge in [-0.3, -0.25) is 10.2 Å². The Morgan fingerprint density at radius 3 is 2.15 bits per heavy atom. The van der Waals surface area contributed by atoms with Crippen LogP contribution in [0.4, 0.5) is 5.69 Å². The first-order chi connectivity index (χ1) is 12.5. The highest BCUT2D eigenvalue weighted by molar-refractivity contribution is 6.44. The summed E-state index contributed by atoms with van der Waals surface area (Å²) in [5, 5.41) is 4.34. The van der Waals surface area contributed by atoms with Gasteiger partial charge < -0.3 is 14.7 Å². The zero-order chi connectivity index (χ0) is 18.9. The molecule has 1 aliphatic heterocycles. The molecule has 1 aliphatic rings. The molecule has 0 fully saturated rings. The Labute approximate surface area is 157 Å². The lowest BCUT2D eigenvalue weighted by molar-refractivity contribution is -0.124. The van der Waals surface area contributed by atoms with Gasteiger partial charge in [-0.05, 0) is 71.8 Å². The van der Waals surface area contributed by atoms with Crippen LogP contribution in [-0.2, 0) is 4.79 Å². The number of fused-ring (bicyclic) bond motifs is 1. The van der Waals surface area contributed by atoms with E-state index in [-0.39, 0.29) is 5.91 Å². The summed E-state index contributed by atoms with van der Waals surface area (Å²) in [6, 6.07) is 7.90. The van der Waals surface area contributed by atoms with E-state index in [0.29, 0.717) is 5.71 Å². The fraction of sp³-hybridized carbons (Fsp3) is 0.500. The van der Waals surface area contributed by atoms with E-state index in [9.17, 15) is 4.79 Å². The van der Waals surface area contributed by atoms with E-state index in [1.165, 1.54) is 0 Å². The van der Waals surface area contributed by atoms with Crippen molar-refractivity contribution < 1.29 is 4.79 Å². The molecule has 0 radical (unpaired) electrons. The van der Waals surface area contributed by atoms with Crippen LogP contribution in [0.25, 0.3) is 6.08 Å². The van der Waals surface area contributed by atoms with Crippen molar-refractivity contribution in [2.24, 2.45) is 5.10 Å². The molecule has 1 heterocycles. The topological polar surface area (TPSA) is 51.2 Å². The second kappa shape index (κ2) is 10.1. The first-order valence-electron chi connectivity index (χ1n) is 9.17. The summed E-state index contributed by atoms with van der Waals surface area (Å²) in [7, 11) is 8.21. The third-order valence-corrected chi connectivity index (χ3v) is 4.25. The molecule has 1 aromatic rings. The minimum absolute atomic E-state index is 0.0148. The summed E-state index contributed by atoms with van der Waals surface area (Å²) < 4.78 is 0. The number of nitrogens with zero attached hydrogens (tertiary/aromatic N) is 4. The third-order valence-electron chi connectivity index (χ3n) is 4.25. The predicted octanol–water partition coefficient (Wildman–Crippen LogP) is 2.21. The average molecular weight is 358 g/mol. The first-order valence-corrected chi connectivity index (χ1v) is 9.17. The van der Waals surface area contributed by atoms with Gasteiger partial charge in [-0.15, -0.1) is 0 Å². The fourth-order valence-electron chi connectivity index (χ4n) is 2.82. The molecule has 6 heteroatoms. The van der Waals surface area contributed by atoms with Gasteiger partial charge in [0.15, 0.2) is 0 Å². The van der Waals surface area contributed by atoms with Gasteiger partial charge in [0.05, 0.1) is 5.69 Å². The van der Waals surface area contributed by atoms with Crippen molar-refractivity contribution in [2.45, 2.75) is 12.8 Å². The highest BCUT2D eigenvalue weighted by Crippen LogP contribution is 2.19. The maximum Gasteiger partial charge on any atom is 0.274 e. The molecule has 2 rings (SSSR count). The summed E-state index contributed by atoms with van der Waals surface area (Å²) in [5.74, 6) is -0.0148. The van der Waals surface area contributed by atoms with Crippen molar-refractivity contribution in [1.82, 2.24) is 14.7 Å². The molecule has 0 aromatic heterocycles. The smallest absolute Gasteiger partial charge is 0.274 e. The Bertz CT molecular complexity index is 637. The lowest BCUT2D eigenvalue weighted by Crippen LogP contribution is -2.39. The highest BCUT2D eigenvalue weighted by Gasteiger charge is 2.19. The lowest BCUT2D eigenvalue weighted by Gasteiger charge is -2.24. The van der Waals surface area contributed by atoms with Gasteiger partial charge in [0.2, 0.25) is 0 Å². The number of hydrogen-bond acceptors (Lipinski definition) is 5. The van der Waals surface area contributed by atoms with E-state index in [1.54, 1.807) is 0 Å². The minimum atomic E-state index is -0.0148. The van der Waals surface area contributed by atoms with E-state index >= 15 is 0 Å². The number of rotatable bonds is 9. The van der Waals surface area contributed by atoms with E-state index in [0.717, 1.165) is 50.3 Å². The predicted molar refractivity (Wildman–Crippen MR) is 109 cm³/mol. The third kappa shape index (κ3) is 6.28. The van der Waals surface area contributed by atoms with Gasteiger partial charge in [0.25, 0.3) is 5.91 Å². The zero-order valence-electron chi connectivity index (χ0n) is 16.4. The van der Waals surface area contributed by atoms with Crippen molar-refractivity contribution in [3.05, 3.63) is 35.9 Å². The summed E-state index contributed by atoms with van der Waals surface area (Å²) in [5.41, 5.74) is 5.42. The second-order valence-electron chi connectivity index (χ2n) is 7.14. The standard InChI is InChI=1S/C20H31N5O/c1-23(2)13-7-15-25(16-8-14-24(3)4)20(26)19-12-11-17-9-5-6-10-18(17)21-22-19/h5-6,9-12,21H,7-8,13-16H2,1-4H3. The number of carbonyl (C=O) groups is 1. The van der Waals surface area contributed by atoms with Crippen LogP contribution >= 0.6 is 0 Å². The molecule has 1 N–H and O–H groups in total. The summed E-state index contributed by atoms with van der Waals surface area (Å²) >= 11 is 0. The average Bonchev–Trinajstić information content (AvgIpc) is 2.82. The van der Waals surface area contributed by atoms with Crippen LogP contribution in [0.1, 0.15) is 18.4 Å². The fourth-order valence-corrected chi connectivity index (χ4v) is 2.82. The van der Waals surface area contributed by atoms with Gasteiger partial charge in [-0.25, -0.2) is 0 Å². The maximum atomic E-state index is 13.0. The van der Waals surface area contributed by atoms with Crippen molar-refractivity contribution in [1.29, 1.82) is 0 Å². The maximum absolute atomic E-state index is 13.0. The molecule has 1 aromatic carbocycles. The summed E-state index contributed by atoms with van der Waals surface area (Å²) in [4.78, 5) is 19.2. The normalized spacial score (nSPS) is 13.2. The number of para-hydroxylation sites is 1. The van der Waals surface area contributed by atoms with Crippen LogP contribution in [0.2, 0.25) is 0 Å². The molecular formula is C20H31N5O. The zero-order valence-corrected chi connectivity index (χ0v) is 16.4. The number of nitrogens with one attached hydrogen (secondary N) is 1. The van der Waals surface area contributed by atoms with Crippen LogP contribution < -0.4 is 5.43 Å². The molecule has 0 unspecified atom stereocenters. The Hall–Kier alpha value is -2.18. The van der Waals surface area contributed by atoms with Crippen LogP contribution in [0.5, 0.6) is 0 Å². The quantitative estimate of drug-likeness (QED) is 0.736. The summed E-state index contributed by atoms with van der Waals surface area (Å²) in [6.45, 7) is 3.40. The van der Waals surface area contributed by atoms with Crippen molar-refractivity contribution in [3.63, 3.8) is 0 Å². The van der Waals surface area contributed by atoms with Gasteiger partial charge in [-0.1, -0.05) is 24.3 Å². The van der Waals surface area contributed by atoms with E-state index in [2.05, 4.69) is 48.5 Å². The van der Waals surface area contributed by atoms with E-state index < -0.39 is 0 Å². The molecule has 6 nitrogen and oxygen atoms in total. The molecule has 1 amide bonds. The number of anilines is 1. The highest BCUT2D eigenvalue weighted by atomic mass is 16.2. The number of hydrazone groups is 1. The molecule has 0 spiro atoms. The Morgan fingerprint density at radius 1 is 0.923 bits per heavy atom. The van der Waals surface area contributed by atoms with Gasteiger partial charge in [-0.2, -0.15) is 5.10 Å². The van der Waals surface area contributed by atoms with E-state index in [4.69, 9.17) is 0 Å². The van der Waals surface area contributed by atoms with Crippen molar-refractivity contribution >= 4 is 23.4 Å². The van der Waals surface area contributed by atoms with Crippen molar-refractivity contribution in [2.75, 3.05) is 59.8 Å². The molecular weight excluding hydrogens is 326 g/mol. The lowest BCUT2D eigenvalue weighted by atomic mass is 10.1. The molecule has 0 aliphatic carbocycles. The molecule has 0 saturated carbocycles. The Morgan fingerprint density at radius 2 is 1.54 bits per heavy atom. The molecule has 0 saturated heterocycles. The number of benzene rings is 1. The van der Waals surface area contributed by atoms with Gasteiger partial charge >= 0.3 is 0 Å². The molecule has 0 bridgehead atoms. The second-order valence-corrected chi connectivity index (χ2v) is 7.14. The number of carbonyl (C=O) groups excluding carboxylic acids is 1. The monoisotopic (exact) mass is 357 g/mol. The van der Waals surface area contributed by atoms with E-state index in [1.807, 2.05) is 41.3 Å². The van der Waals surface area contributed by atoms with Crippen LogP contribution in [-0.4, -0.2) is 80.7 Å². The molecule has 142 valence electrons. The largest absolute Gasteiger partial charge is 0.337 e. The van der Waals surface area contributed by atoms with Gasteiger partial charge in [0, 0.05) is 13.1 Å². The number of amides is 1. The SMILES string of the molecule is CN(C)CCCN(CCCN(C)C)C(=O)C1=NNc2ccccc2C=C1. The Balaban J connectivity index is 2.05. The Kier molecular flexibility index (Phi) is 7.81.